The van der Waals surface area contributed by atoms with Crippen LogP contribution in [0.1, 0.15) is 68.5 Å². The van der Waals surface area contributed by atoms with Gasteiger partial charge in [-0.05, 0) is 41.7 Å². The molecule has 0 amide bonds. The quantitative estimate of drug-likeness (QED) is 0.300. The Kier molecular flexibility index (Phi) is 11.0. The second-order valence-electron chi connectivity index (χ2n) is 9.83. The van der Waals surface area contributed by atoms with Gasteiger partial charge in [0, 0.05) is 33.3 Å². The molecule has 1 unspecified atom stereocenters. The van der Waals surface area contributed by atoms with E-state index in [-0.39, 0.29) is 12.4 Å². The maximum absolute atomic E-state index is 12.3. The van der Waals surface area contributed by atoms with Crippen LogP contribution in [0.25, 0.3) is 0 Å². The molecule has 0 radical (unpaired) electrons. The summed E-state index contributed by atoms with van der Waals surface area (Å²) in [5, 5.41) is 9.93. The van der Waals surface area contributed by atoms with Gasteiger partial charge in [0.25, 0.3) is 0 Å². The van der Waals surface area contributed by atoms with Gasteiger partial charge >= 0.3 is 23.9 Å². The van der Waals surface area contributed by atoms with E-state index in [0.29, 0.717) is 23.1 Å². The van der Waals surface area contributed by atoms with Crippen molar-refractivity contribution in [3.05, 3.63) is 64.2 Å². The zero-order valence-electron chi connectivity index (χ0n) is 24.5. The van der Waals surface area contributed by atoms with Gasteiger partial charge < -0.3 is 28.4 Å². The molecule has 1 saturated heterocycles. The van der Waals surface area contributed by atoms with Crippen LogP contribution in [0.5, 0.6) is 5.75 Å². The number of esters is 4. The van der Waals surface area contributed by atoms with E-state index in [2.05, 4.69) is 13.0 Å². The van der Waals surface area contributed by atoms with Gasteiger partial charge in [0.15, 0.2) is 18.3 Å². The number of ether oxygens (including phenoxy) is 6. The van der Waals surface area contributed by atoms with E-state index >= 15 is 0 Å². The molecule has 0 aliphatic carbocycles. The summed E-state index contributed by atoms with van der Waals surface area (Å²) in [5.74, 6) is -2.53. The first kappa shape index (κ1) is 32.1. The number of hydrogen-bond acceptors (Lipinski definition) is 11. The van der Waals surface area contributed by atoms with Gasteiger partial charge in [-0.3, -0.25) is 19.2 Å². The lowest BCUT2D eigenvalue weighted by Crippen LogP contribution is -2.59. The van der Waals surface area contributed by atoms with Crippen molar-refractivity contribution in [1.82, 2.24) is 0 Å². The fourth-order valence-corrected chi connectivity index (χ4v) is 4.88. The normalized spacial score (nSPS) is 21.4. The van der Waals surface area contributed by atoms with Crippen molar-refractivity contribution in [2.45, 2.75) is 78.0 Å². The Morgan fingerprint density at radius 3 is 1.93 bits per heavy atom. The Labute approximate surface area is 244 Å². The minimum atomic E-state index is -1.33. The van der Waals surface area contributed by atoms with E-state index in [0.717, 1.165) is 25.8 Å². The number of carbonyl (C=O) groups is 4. The van der Waals surface area contributed by atoms with E-state index in [4.69, 9.17) is 28.4 Å². The molecule has 1 fully saturated rings. The first-order valence-electron chi connectivity index (χ1n) is 13.5. The molecule has 0 aromatic heterocycles. The Bertz CT molecular complexity index is 1350. The third kappa shape index (κ3) is 8.07. The lowest BCUT2D eigenvalue weighted by atomic mass is 9.87. The summed E-state index contributed by atoms with van der Waals surface area (Å²) < 4.78 is 33.8. The highest BCUT2D eigenvalue weighted by atomic mass is 16.7. The molecule has 0 spiro atoms. The maximum Gasteiger partial charge on any atom is 0.303 e. The lowest BCUT2D eigenvalue weighted by Gasteiger charge is -2.44. The largest absolute Gasteiger partial charge is 0.496 e. The summed E-state index contributed by atoms with van der Waals surface area (Å²) in [6.07, 6.45) is -4.90. The van der Waals surface area contributed by atoms with E-state index in [1.807, 2.05) is 24.3 Å². The standard InChI is InChI=1S/C31H35NO10/c1-7-21-8-10-22(11-9-21)12-23-13-25(26(37-6)14-24(23)15-32)28-30(40-19(4)35)31(41-20(5)36)29(39-18(3)34)27(42-28)16-38-17(2)33/h8-11,13-14,27-31H,7,12,16H2,1-6H3/t27?,28-,29+,30-,31-/m0/s1. The number of aryl methyl sites for hydroxylation is 1. The van der Waals surface area contributed by atoms with E-state index < -0.39 is 54.4 Å². The fourth-order valence-electron chi connectivity index (χ4n) is 4.88. The number of nitriles is 1. The number of benzene rings is 2. The monoisotopic (exact) mass is 581 g/mol. The Balaban J connectivity index is 2.19. The summed E-state index contributed by atoms with van der Waals surface area (Å²) in [7, 11) is 1.41. The van der Waals surface area contributed by atoms with Crippen LogP contribution >= 0.6 is 0 Å². The third-order valence-corrected chi connectivity index (χ3v) is 6.70. The summed E-state index contributed by atoms with van der Waals surface area (Å²) in [6, 6.07) is 13.5. The van der Waals surface area contributed by atoms with Gasteiger partial charge in [-0.15, -0.1) is 0 Å². The van der Waals surface area contributed by atoms with Crippen molar-refractivity contribution in [3.8, 4) is 11.8 Å². The average molecular weight is 582 g/mol. The van der Waals surface area contributed by atoms with Crippen LogP contribution in [0.2, 0.25) is 0 Å². The fraction of sp³-hybridized carbons (Fsp3) is 0.452. The van der Waals surface area contributed by atoms with E-state index in [1.165, 1.54) is 26.5 Å². The summed E-state index contributed by atoms with van der Waals surface area (Å²) in [5.41, 5.74) is 3.52. The second kappa shape index (κ2) is 14.5. The molecule has 1 heterocycles. The number of carbonyl (C=O) groups excluding carboxylic acids is 4. The average Bonchev–Trinajstić information content (AvgIpc) is 2.93. The number of hydrogen-bond donors (Lipinski definition) is 0. The number of methoxy groups -OCH3 is 1. The highest BCUT2D eigenvalue weighted by molar-refractivity contribution is 5.69. The lowest BCUT2D eigenvalue weighted by molar-refractivity contribution is -0.254. The van der Waals surface area contributed by atoms with Gasteiger partial charge in [-0.25, -0.2) is 0 Å². The smallest absolute Gasteiger partial charge is 0.303 e. The molecule has 0 bridgehead atoms. The minimum absolute atomic E-state index is 0.248. The van der Waals surface area contributed by atoms with Crippen molar-refractivity contribution >= 4 is 23.9 Å². The molecule has 0 saturated carbocycles. The zero-order valence-corrected chi connectivity index (χ0v) is 24.5. The summed E-state index contributed by atoms with van der Waals surface area (Å²) >= 11 is 0. The highest BCUT2D eigenvalue weighted by Crippen LogP contribution is 2.42. The molecular weight excluding hydrogens is 546 g/mol. The predicted molar refractivity (Wildman–Crippen MR) is 147 cm³/mol. The van der Waals surface area contributed by atoms with Crippen molar-refractivity contribution in [1.29, 1.82) is 5.26 Å². The molecule has 5 atom stereocenters. The van der Waals surface area contributed by atoms with Crippen molar-refractivity contribution < 1.29 is 47.6 Å². The molecule has 11 nitrogen and oxygen atoms in total. The van der Waals surface area contributed by atoms with Crippen LogP contribution in [-0.2, 0) is 55.7 Å². The zero-order chi connectivity index (χ0) is 31.0. The van der Waals surface area contributed by atoms with Crippen LogP contribution in [-0.4, -0.2) is 62.0 Å². The molecule has 224 valence electrons. The predicted octanol–water partition coefficient (Wildman–Crippen LogP) is 3.52. The summed E-state index contributed by atoms with van der Waals surface area (Å²) in [6.45, 7) is 6.40. The number of rotatable bonds is 10. The summed E-state index contributed by atoms with van der Waals surface area (Å²) in [4.78, 5) is 48.2. The SMILES string of the molecule is CCc1ccc(Cc2cc([C@@H]3OC(COC(C)=O)[C@@H](OC(C)=O)[C@H](OC(C)=O)[C@H]3OC(C)=O)c(OC)cc2C#N)cc1. The molecule has 2 aromatic rings. The number of nitrogens with zero attached hydrogens (tertiary/aromatic N) is 1. The molecule has 1 aliphatic rings. The Hall–Kier alpha value is -4.43. The second-order valence-corrected chi connectivity index (χ2v) is 9.83. The maximum atomic E-state index is 12.3. The van der Waals surface area contributed by atoms with Crippen LogP contribution in [0, 0.1) is 11.3 Å². The third-order valence-electron chi connectivity index (χ3n) is 6.70. The minimum Gasteiger partial charge on any atom is -0.496 e. The first-order chi connectivity index (χ1) is 20.0. The van der Waals surface area contributed by atoms with Gasteiger partial charge in [0.1, 0.15) is 24.6 Å². The Morgan fingerprint density at radius 2 is 1.40 bits per heavy atom. The molecular formula is C31H35NO10. The van der Waals surface area contributed by atoms with Crippen molar-refractivity contribution in [2.75, 3.05) is 13.7 Å². The molecule has 0 N–H and O–H groups in total. The molecule has 11 heteroatoms. The van der Waals surface area contributed by atoms with Crippen molar-refractivity contribution in [3.63, 3.8) is 0 Å². The highest BCUT2D eigenvalue weighted by Gasteiger charge is 2.53. The molecule has 2 aromatic carbocycles. The van der Waals surface area contributed by atoms with Gasteiger partial charge in [0.2, 0.25) is 0 Å². The van der Waals surface area contributed by atoms with Gasteiger partial charge in [0.05, 0.1) is 18.7 Å². The van der Waals surface area contributed by atoms with E-state index in [1.54, 1.807) is 12.1 Å². The van der Waals surface area contributed by atoms with Crippen molar-refractivity contribution in [2.24, 2.45) is 0 Å². The topological polar surface area (TPSA) is 147 Å². The molecule has 1 aliphatic heterocycles. The van der Waals surface area contributed by atoms with Crippen LogP contribution in [0.15, 0.2) is 36.4 Å². The van der Waals surface area contributed by atoms with Gasteiger partial charge in [-0.2, -0.15) is 5.26 Å². The Morgan fingerprint density at radius 1 is 0.833 bits per heavy atom. The van der Waals surface area contributed by atoms with Crippen LogP contribution in [0.3, 0.4) is 0 Å². The molecule has 42 heavy (non-hydrogen) atoms. The first-order valence-corrected chi connectivity index (χ1v) is 13.5. The van der Waals surface area contributed by atoms with Crippen LogP contribution < -0.4 is 4.74 Å². The van der Waals surface area contributed by atoms with E-state index in [9.17, 15) is 24.4 Å². The van der Waals surface area contributed by atoms with Gasteiger partial charge in [-0.1, -0.05) is 31.2 Å². The molecule has 3 rings (SSSR count). The van der Waals surface area contributed by atoms with Crippen LogP contribution in [0.4, 0.5) is 0 Å².